The molecule has 2 N–H and O–H groups in total. The summed E-state index contributed by atoms with van der Waals surface area (Å²) in [7, 11) is 0. The van der Waals surface area contributed by atoms with Crippen molar-refractivity contribution >= 4 is 5.91 Å². The zero-order valence-electron chi connectivity index (χ0n) is 8.68. The summed E-state index contributed by atoms with van der Waals surface area (Å²) in [6.45, 7) is 0.556. The first-order valence-corrected chi connectivity index (χ1v) is 5.03. The summed E-state index contributed by atoms with van der Waals surface area (Å²) in [4.78, 5) is 22.5. The lowest BCUT2D eigenvalue weighted by atomic mass is 10.3. The van der Waals surface area contributed by atoms with E-state index in [1.807, 2.05) is 6.20 Å². The molecule has 0 aliphatic heterocycles. The minimum atomic E-state index is -0.156. The fourth-order valence-corrected chi connectivity index (χ4v) is 1.32. The van der Waals surface area contributed by atoms with E-state index in [1.165, 1.54) is 0 Å². The highest BCUT2D eigenvalue weighted by Gasteiger charge is 2.04. The molecule has 0 aliphatic rings. The second kappa shape index (κ2) is 5.06. The number of pyridine rings is 1. The van der Waals surface area contributed by atoms with Crippen LogP contribution in [0.5, 0.6) is 0 Å². The van der Waals surface area contributed by atoms with Crippen molar-refractivity contribution in [3.63, 3.8) is 0 Å². The van der Waals surface area contributed by atoms with Gasteiger partial charge in [0.1, 0.15) is 5.69 Å². The summed E-state index contributed by atoms with van der Waals surface area (Å²) in [6.07, 6.45) is 5.74. The average Bonchev–Trinajstić information content (AvgIpc) is 2.83. The number of imidazole rings is 1. The standard InChI is InChI=1S/C11H12N4O/c16-11(10-3-1-2-5-13-10)14-6-4-9-7-12-8-15-9/h1-3,5,7-8H,4,6H2,(H,12,15)(H,14,16). The molecule has 16 heavy (non-hydrogen) atoms. The predicted octanol–water partition coefficient (Wildman–Crippen LogP) is 0.777. The molecule has 0 fully saturated rings. The van der Waals surface area contributed by atoms with Crippen LogP contribution in [0, 0.1) is 0 Å². The number of aromatic amines is 1. The molecule has 0 unspecified atom stereocenters. The Balaban J connectivity index is 1.81. The van der Waals surface area contributed by atoms with Crippen molar-refractivity contribution in [2.24, 2.45) is 0 Å². The summed E-state index contributed by atoms with van der Waals surface area (Å²) >= 11 is 0. The van der Waals surface area contributed by atoms with Crippen molar-refractivity contribution in [3.8, 4) is 0 Å². The number of carbonyl (C=O) groups is 1. The van der Waals surface area contributed by atoms with Crippen LogP contribution in [0.2, 0.25) is 0 Å². The number of H-pyrrole nitrogens is 1. The van der Waals surface area contributed by atoms with Gasteiger partial charge in [-0.3, -0.25) is 9.78 Å². The Bertz CT molecular complexity index is 438. The molecule has 2 aromatic heterocycles. The number of aromatic nitrogens is 3. The van der Waals surface area contributed by atoms with Crippen LogP contribution >= 0.6 is 0 Å². The molecule has 0 spiro atoms. The molecule has 0 saturated heterocycles. The molecule has 0 bridgehead atoms. The Labute approximate surface area is 92.9 Å². The summed E-state index contributed by atoms with van der Waals surface area (Å²) in [5, 5.41) is 2.78. The van der Waals surface area contributed by atoms with E-state index in [2.05, 4.69) is 20.3 Å². The predicted molar refractivity (Wildman–Crippen MR) is 58.9 cm³/mol. The first-order chi connectivity index (χ1) is 7.86. The van der Waals surface area contributed by atoms with E-state index in [0.717, 1.165) is 5.69 Å². The maximum atomic E-state index is 11.6. The van der Waals surface area contributed by atoms with Gasteiger partial charge in [0.05, 0.1) is 12.0 Å². The zero-order valence-corrected chi connectivity index (χ0v) is 8.68. The minimum Gasteiger partial charge on any atom is -0.351 e. The van der Waals surface area contributed by atoms with Crippen molar-refractivity contribution < 1.29 is 4.79 Å². The number of nitrogens with zero attached hydrogens (tertiary/aromatic N) is 2. The van der Waals surface area contributed by atoms with Gasteiger partial charge in [0.2, 0.25) is 0 Å². The minimum absolute atomic E-state index is 0.156. The summed E-state index contributed by atoms with van der Waals surface area (Å²) in [6, 6.07) is 5.25. The highest BCUT2D eigenvalue weighted by atomic mass is 16.1. The number of hydrogen-bond acceptors (Lipinski definition) is 3. The molecule has 0 atom stereocenters. The molecule has 0 radical (unpaired) electrons. The fraction of sp³-hybridized carbons (Fsp3) is 0.182. The van der Waals surface area contributed by atoms with E-state index in [0.29, 0.717) is 18.7 Å². The van der Waals surface area contributed by atoms with Crippen LogP contribution in [0.1, 0.15) is 16.2 Å². The average molecular weight is 216 g/mol. The number of nitrogens with one attached hydrogen (secondary N) is 2. The Kier molecular flexibility index (Phi) is 3.28. The Morgan fingerprint density at radius 2 is 2.31 bits per heavy atom. The van der Waals surface area contributed by atoms with Crippen LogP contribution < -0.4 is 5.32 Å². The first kappa shape index (κ1) is 10.4. The first-order valence-electron chi connectivity index (χ1n) is 5.03. The third kappa shape index (κ3) is 2.66. The Morgan fingerprint density at radius 3 is 3.00 bits per heavy atom. The highest BCUT2D eigenvalue weighted by molar-refractivity contribution is 5.92. The van der Waals surface area contributed by atoms with Crippen molar-refractivity contribution in [1.29, 1.82) is 0 Å². The van der Waals surface area contributed by atoms with E-state index in [9.17, 15) is 4.79 Å². The number of amides is 1. The summed E-state index contributed by atoms with van der Waals surface area (Å²) in [5.41, 5.74) is 1.37. The largest absolute Gasteiger partial charge is 0.351 e. The van der Waals surface area contributed by atoms with Crippen LogP contribution in [0.4, 0.5) is 0 Å². The van der Waals surface area contributed by atoms with Crippen LogP contribution in [0.15, 0.2) is 36.9 Å². The molecule has 0 saturated carbocycles. The van der Waals surface area contributed by atoms with Gasteiger partial charge in [-0.1, -0.05) is 6.07 Å². The van der Waals surface area contributed by atoms with Gasteiger partial charge in [0.15, 0.2) is 0 Å². The van der Waals surface area contributed by atoms with E-state index in [1.54, 1.807) is 30.7 Å². The molecule has 1 amide bonds. The monoisotopic (exact) mass is 216 g/mol. The van der Waals surface area contributed by atoms with E-state index in [4.69, 9.17) is 0 Å². The molecule has 0 aromatic carbocycles. The molecule has 2 rings (SSSR count). The van der Waals surface area contributed by atoms with Gasteiger partial charge in [0, 0.05) is 25.4 Å². The van der Waals surface area contributed by atoms with Crippen LogP contribution in [0.3, 0.4) is 0 Å². The maximum Gasteiger partial charge on any atom is 0.269 e. The van der Waals surface area contributed by atoms with Gasteiger partial charge in [-0.15, -0.1) is 0 Å². The SMILES string of the molecule is O=C(NCCc1c[nH]cn1)c1ccccn1. The number of rotatable bonds is 4. The van der Waals surface area contributed by atoms with Gasteiger partial charge in [-0.2, -0.15) is 0 Å². The van der Waals surface area contributed by atoms with Gasteiger partial charge in [-0.05, 0) is 12.1 Å². The Morgan fingerprint density at radius 1 is 1.38 bits per heavy atom. The van der Waals surface area contributed by atoms with Crippen LogP contribution in [-0.2, 0) is 6.42 Å². The lowest BCUT2D eigenvalue weighted by Gasteiger charge is -2.02. The molecule has 2 aromatic rings. The fourth-order valence-electron chi connectivity index (χ4n) is 1.32. The van der Waals surface area contributed by atoms with Crippen LogP contribution in [0.25, 0.3) is 0 Å². The molecule has 2 heterocycles. The third-order valence-electron chi connectivity index (χ3n) is 2.12. The topological polar surface area (TPSA) is 70.7 Å². The summed E-state index contributed by atoms with van der Waals surface area (Å²) < 4.78 is 0. The van der Waals surface area contributed by atoms with Crippen LogP contribution in [-0.4, -0.2) is 27.4 Å². The molecule has 82 valence electrons. The lowest BCUT2D eigenvalue weighted by Crippen LogP contribution is -2.26. The van der Waals surface area contributed by atoms with E-state index in [-0.39, 0.29) is 5.91 Å². The van der Waals surface area contributed by atoms with Gasteiger partial charge >= 0.3 is 0 Å². The number of hydrogen-bond donors (Lipinski definition) is 2. The second-order valence-electron chi connectivity index (χ2n) is 3.28. The molecule has 0 aliphatic carbocycles. The maximum absolute atomic E-state index is 11.6. The van der Waals surface area contributed by atoms with E-state index < -0.39 is 0 Å². The summed E-state index contributed by atoms with van der Waals surface area (Å²) in [5.74, 6) is -0.156. The lowest BCUT2D eigenvalue weighted by molar-refractivity contribution is 0.0949. The quantitative estimate of drug-likeness (QED) is 0.793. The smallest absolute Gasteiger partial charge is 0.269 e. The normalized spacial score (nSPS) is 10.0. The van der Waals surface area contributed by atoms with Gasteiger partial charge < -0.3 is 10.3 Å². The van der Waals surface area contributed by atoms with E-state index >= 15 is 0 Å². The van der Waals surface area contributed by atoms with Gasteiger partial charge in [0.25, 0.3) is 5.91 Å². The second-order valence-corrected chi connectivity index (χ2v) is 3.28. The van der Waals surface area contributed by atoms with Crippen molar-refractivity contribution in [1.82, 2.24) is 20.3 Å². The third-order valence-corrected chi connectivity index (χ3v) is 2.12. The molecular weight excluding hydrogens is 204 g/mol. The molecular formula is C11H12N4O. The van der Waals surface area contributed by atoms with Crippen molar-refractivity contribution in [3.05, 3.63) is 48.3 Å². The van der Waals surface area contributed by atoms with Gasteiger partial charge in [-0.25, -0.2) is 4.98 Å². The molecule has 5 heteroatoms. The van der Waals surface area contributed by atoms with Crippen molar-refractivity contribution in [2.45, 2.75) is 6.42 Å². The van der Waals surface area contributed by atoms with Crippen molar-refractivity contribution in [2.75, 3.05) is 6.54 Å². The molecule has 5 nitrogen and oxygen atoms in total. The highest BCUT2D eigenvalue weighted by Crippen LogP contribution is 1.94. The Hall–Kier alpha value is -2.17. The number of carbonyl (C=O) groups excluding carboxylic acids is 1. The zero-order chi connectivity index (χ0) is 11.2.